The van der Waals surface area contributed by atoms with Crippen LogP contribution < -0.4 is 4.74 Å². The SMILES string of the molecule is O=C(CCCOc1c(F)ccc(Cl)c1F)c1cccc(F)c1. The highest BCUT2D eigenvalue weighted by Gasteiger charge is 2.14. The summed E-state index contributed by atoms with van der Waals surface area (Å²) in [6.45, 7) is -0.0603. The minimum absolute atomic E-state index is 0.0603. The average molecular weight is 329 g/mol. The number of hydrogen-bond acceptors (Lipinski definition) is 2. The van der Waals surface area contributed by atoms with E-state index in [1.807, 2.05) is 0 Å². The standard InChI is InChI=1S/C16H12ClF3O2/c17-12-6-7-13(19)16(15(12)20)22-8-2-5-14(21)10-3-1-4-11(18)9-10/h1,3-4,6-7,9H,2,5,8H2. The van der Waals surface area contributed by atoms with Gasteiger partial charge in [-0.25, -0.2) is 13.2 Å². The van der Waals surface area contributed by atoms with Crippen LogP contribution in [0.2, 0.25) is 5.02 Å². The van der Waals surface area contributed by atoms with Crippen LogP contribution in [0.5, 0.6) is 5.75 Å². The molecule has 0 saturated heterocycles. The highest BCUT2D eigenvalue weighted by Crippen LogP contribution is 2.27. The van der Waals surface area contributed by atoms with Crippen LogP contribution in [0, 0.1) is 17.5 Å². The molecular weight excluding hydrogens is 317 g/mol. The lowest BCUT2D eigenvalue weighted by atomic mass is 10.1. The maximum absolute atomic E-state index is 13.6. The number of benzene rings is 2. The first kappa shape index (κ1) is 16.4. The van der Waals surface area contributed by atoms with E-state index in [0.29, 0.717) is 0 Å². The third-order valence-electron chi connectivity index (χ3n) is 2.94. The molecule has 0 fully saturated rings. The average Bonchev–Trinajstić information content (AvgIpc) is 2.50. The minimum Gasteiger partial charge on any atom is -0.488 e. The van der Waals surface area contributed by atoms with Crippen LogP contribution in [-0.2, 0) is 0 Å². The molecule has 0 N–H and O–H groups in total. The molecule has 0 bridgehead atoms. The molecule has 0 aromatic heterocycles. The molecule has 0 aliphatic carbocycles. The second kappa shape index (κ2) is 7.31. The Kier molecular flexibility index (Phi) is 5.44. The monoisotopic (exact) mass is 328 g/mol. The van der Waals surface area contributed by atoms with Crippen LogP contribution >= 0.6 is 11.6 Å². The fourth-order valence-corrected chi connectivity index (χ4v) is 2.00. The summed E-state index contributed by atoms with van der Waals surface area (Å²) in [5, 5.41) is -0.243. The Balaban J connectivity index is 1.88. The Labute approximate surface area is 130 Å². The first-order valence-electron chi connectivity index (χ1n) is 6.54. The van der Waals surface area contributed by atoms with Gasteiger partial charge in [0.05, 0.1) is 11.6 Å². The van der Waals surface area contributed by atoms with E-state index in [1.165, 1.54) is 18.2 Å². The molecule has 0 unspecified atom stereocenters. The van der Waals surface area contributed by atoms with Crippen molar-refractivity contribution in [2.75, 3.05) is 6.61 Å². The normalized spacial score (nSPS) is 10.5. The lowest BCUT2D eigenvalue weighted by molar-refractivity contribution is 0.0972. The minimum atomic E-state index is -0.974. The molecule has 0 spiro atoms. The molecule has 0 radical (unpaired) electrons. The molecule has 0 aliphatic heterocycles. The fourth-order valence-electron chi connectivity index (χ4n) is 1.85. The van der Waals surface area contributed by atoms with E-state index in [0.717, 1.165) is 18.2 Å². The number of Topliss-reactive ketones (excluding diaryl/α,β-unsaturated/α-hetero) is 1. The Hall–Kier alpha value is -2.01. The van der Waals surface area contributed by atoms with Crippen molar-refractivity contribution >= 4 is 17.4 Å². The Bertz CT molecular complexity index is 689. The van der Waals surface area contributed by atoms with Crippen molar-refractivity contribution in [3.63, 3.8) is 0 Å². The van der Waals surface area contributed by atoms with E-state index < -0.39 is 23.2 Å². The summed E-state index contributed by atoms with van der Waals surface area (Å²) in [6, 6.07) is 7.41. The highest BCUT2D eigenvalue weighted by atomic mass is 35.5. The molecule has 0 aliphatic rings. The second-order valence-corrected chi connectivity index (χ2v) is 4.97. The third kappa shape index (κ3) is 4.01. The molecule has 0 atom stereocenters. The van der Waals surface area contributed by atoms with Gasteiger partial charge in [-0.3, -0.25) is 4.79 Å². The maximum atomic E-state index is 13.6. The van der Waals surface area contributed by atoms with Gasteiger partial charge < -0.3 is 4.74 Å². The van der Waals surface area contributed by atoms with E-state index in [2.05, 4.69) is 0 Å². The summed E-state index contributed by atoms with van der Waals surface area (Å²) in [6.07, 6.45) is 0.313. The van der Waals surface area contributed by atoms with Crippen molar-refractivity contribution in [1.82, 2.24) is 0 Å². The molecule has 116 valence electrons. The van der Waals surface area contributed by atoms with Gasteiger partial charge in [0.25, 0.3) is 0 Å². The lowest BCUT2D eigenvalue weighted by Gasteiger charge is -2.09. The maximum Gasteiger partial charge on any atom is 0.192 e. The summed E-state index contributed by atoms with van der Waals surface area (Å²) in [7, 11) is 0. The van der Waals surface area contributed by atoms with E-state index in [1.54, 1.807) is 0 Å². The van der Waals surface area contributed by atoms with Crippen molar-refractivity contribution in [2.45, 2.75) is 12.8 Å². The quantitative estimate of drug-likeness (QED) is 0.432. The van der Waals surface area contributed by atoms with Crippen molar-refractivity contribution in [3.05, 3.63) is 64.4 Å². The topological polar surface area (TPSA) is 26.3 Å². The van der Waals surface area contributed by atoms with Crippen LogP contribution in [0.4, 0.5) is 13.2 Å². The van der Waals surface area contributed by atoms with E-state index in [9.17, 15) is 18.0 Å². The van der Waals surface area contributed by atoms with Crippen LogP contribution in [0.3, 0.4) is 0 Å². The second-order valence-electron chi connectivity index (χ2n) is 4.56. The predicted molar refractivity (Wildman–Crippen MR) is 76.8 cm³/mol. The first-order valence-corrected chi connectivity index (χ1v) is 6.92. The predicted octanol–water partition coefficient (Wildman–Crippen LogP) is 4.80. The summed E-state index contributed by atoms with van der Waals surface area (Å²) in [4.78, 5) is 11.8. The Morgan fingerprint density at radius 2 is 1.91 bits per heavy atom. The Morgan fingerprint density at radius 1 is 1.14 bits per heavy atom. The Morgan fingerprint density at radius 3 is 2.64 bits per heavy atom. The van der Waals surface area contributed by atoms with Gasteiger partial charge in [-0.2, -0.15) is 0 Å². The smallest absolute Gasteiger partial charge is 0.192 e. The number of carbonyl (C=O) groups excluding carboxylic acids is 1. The first-order chi connectivity index (χ1) is 10.5. The number of carbonyl (C=O) groups is 1. The van der Waals surface area contributed by atoms with Crippen LogP contribution in [0.25, 0.3) is 0 Å². The van der Waals surface area contributed by atoms with Crippen LogP contribution in [0.15, 0.2) is 36.4 Å². The van der Waals surface area contributed by atoms with Crippen molar-refractivity contribution in [2.24, 2.45) is 0 Å². The molecule has 2 nitrogen and oxygen atoms in total. The zero-order valence-corrected chi connectivity index (χ0v) is 12.2. The van der Waals surface area contributed by atoms with Gasteiger partial charge >= 0.3 is 0 Å². The number of ketones is 1. The fraction of sp³-hybridized carbons (Fsp3) is 0.188. The summed E-state index contributed by atoms with van der Waals surface area (Å²) in [5.74, 6) is -3.16. The molecular formula is C16H12ClF3O2. The van der Waals surface area contributed by atoms with Gasteiger partial charge in [-0.1, -0.05) is 23.7 Å². The zero-order chi connectivity index (χ0) is 16.1. The molecule has 2 aromatic rings. The highest BCUT2D eigenvalue weighted by molar-refractivity contribution is 6.30. The molecule has 2 aromatic carbocycles. The van der Waals surface area contributed by atoms with Crippen molar-refractivity contribution < 1.29 is 22.7 Å². The largest absolute Gasteiger partial charge is 0.488 e. The van der Waals surface area contributed by atoms with Crippen LogP contribution in [0.1, 0.15) is 23.2 Å². The molecule has 6 heteroatoms. The molecule has 0 heterocycles. The molecule has 22 heavy (non-hydrogen) atoms. The van der Waals surface area contributed by atoms with E-state index in [4.69, 9.17) is 16.3 Å². The van der Waals surface area contributed by atoms with Crippen LogP contribution in [-0.4, -0.2) is 12.4 Å². The number of halogens is 4. The van der Waals surface area contributed by atoms with E-state index in [-0.39, 0.29) is 35.8 Å². The molecule has 0 amide bonds. The van der Waals surface area contributed by atoms with Gasteiger partial charge in [0.1, 0.15) is 5.82 Å². The summed E-state index contributed by atoms with van der Waals surface area (Å²) >= 11 is 5.53. The summed E-state index contributed by atoms with van der Waals surface area (Å²) in [5.41, 5.74) is 0.250. The van der Waals surface area contributed by atoms with Gasteiger partial charge in [0, 0.05) is 12.0 Å². The van der Waals surface area contributed by atoms with Crippen molar-refractivity contribution in [1.29, 1.82) is 0 Å². The zero-order valence-electron chi connectivity index (χ0n) is 11.4. The van der Waals surface area contributed by atoms with Crippen molar-refractivity contribution in [3.8, 4) is 5.75 Å². The third-order valence-corrected chi connectivity index (χ3v) is 3.24. The number of hydrogen-bond donors (Lipinski definition) is 0. The lowest BCUT2D eigenvalue weighted by Crippen LogP contribution is -2.06. The van der Waals surface area contributed by atoms with Gasteiger partial charge in [-0.05, 0) is 30.7 Å². The van der Waals surface area contributed by atoms with E-state index >= 15 is 0 Å². The van der Waals surface area contributed by atoms with Gasteiger partial charge in [-0.15, -0.1) is 0 Å². The van der Waals surface area contributed by atoms with Gasteiger partial charge in [0.15, 0.2) is 23.2 Å². The van der Waals surface area contributed by atoms with Gasteiger partial charge in [0.2, 0.25) is 0 Å². The molecule has 2 rings (SSSR count). The summed E-state index contributed by atoms with van der Waals surface area (Å²) < 4.78 is 44.9. The number of rotatable bonds is 6. The molecule has 0 saturated carbocycles. The number of ether oxygens (including phenoxy) is 1.